The summed E-state index contributed by atoms with van der Waals surface area (Å²) in [5, 5.41) is 13.0. The van der Waals surface area contributed by atoms with Crippen molar-refractivity contribution in [1.29, 1.82) is 5.26 Å². The Bertz CT molecular complexity index is 704. The summed E-state index contributed by atoms with van der Waals surface area (Å²) in [6.45, 7) is 1.90. The number of ether oxygens (including phenoxy) is 1. The molecule has 0 aromatic carbocycles. The van der Waals surface area contributed by atoms with Gasteiger partial charge >= 0.3 is 5.97 Å². The zero-order valence-corrected chi connectivity index (χ0v) is 11.3. The van der Waals surface area contributed by atoms with Crippen molar-refractivity contribution in [3.05, 3.63) is 34.7 Å². The van der Waals surface area contributed by atoms with Crippen molar-refractivity contribution >= 4 is 23.3 Å². The Hall–Kier alpha value is -2.59. The average molecular weight is 292 g/mol. The van der Waals surface area contributed by atoms with Crippen molar-refractivity contribution in [2.75, 3.05) is 12.3 Å². The smallest absolute Gasteiger partial charge is 0.361 e. The van der Waals surface area contributed by atoms with Crippen LogP contribution in [0.25, 0.3) is 5.82 Å². The van der Waals surface area contributed by atoms with Crippen molar-refractivity contribution in [3.8, 4) is 11.9 Å². The van der Waals surface area contributed by atoms with Gasteiger partial charge in [0, 0.05) is 6.20 Å². The van der Waals surface area contributed by atoms with Gasteiger partial charge in [0.05, 0.1) is 24.1 Å². The number of carbonyl (C=O) groups excluding carboxylic acids is 1. The van der Waals surface area contributed by atoms with Gasteiger partial charge in [-0.05, 0) is 13.0 Å². The molecule has 0 aliphatic carbocycles. The molecule has 2 aromatic rings. The topological polar surface area (TPSA) is 107 Å². The van der Waals surface area contributed by atoms with Crippen molar-refractivity contribution in [2.45, 2.75) is 6.92 Å². The summed E-state index contributed by atoms with van der Waals surface area (Å²) < 4.78 is 6.07. The van der Waals surface area contributed by atoms with E-state index in [0.717, 1.165) is 0 Å². The monoisotopic (exact) mass is 291 g/mol. The molecule has 7 nitrogen and oxygen atoms in total. The van der Waals surface area contributed by atoms with Crippen LogP contribution in [0.5, 0.6) is 0 Å². The highest BCUT2D eigenvalue weighted by Gasteiger charge is 2.18. The van der Waals surface area contributed by atoms with Gasteiger partial charge in [0.15, 0.2) is 11.5 Å². The lowest BCUT2D eigenvalue weighted by atomic mass is 10.3. The normalized spacial score (nSPS) is 10.1. The van der Waals surface area contributed by atoms with Gasteiger partial charge in [0.1, 0.15) is 11.1 Å². The van der Waals surface area contributed by atoms with Crippen LogP contribution >= 0.6 is 11.6 Å². The van der Waals surface area contributed by atoms with Gasteiger partial charge in [-0.25, -0.2) is 14.5 Å². The molecule has 2 heterocycles. The lowest BCUT2D eigenvalue weighted by Crippen LogP contribution is -2.09. The highest BCUT2D eigenvalue weighted by Crippen LogP contribution is 2.23. The molecular weight excluding hydrogens is 282 g/mol. The second-order valence-corrected chi connectivity index (χ2v) is 4.08. The number of rotatable bonds is 3. The van der Waals surface area contributed by atoms with Crippen LogP contribution in [0.1, 0.15) is 23.0 Å². The fourth-order valence-electron chi connectivity index (χ4n) is 1.53. The molecule has 0 aliphatic heterocycles. The molecule has 102 valence electrons. The first-order valence-corrected chi connectivity index (χ1v) is 6.03. The molecule has 0 bridgehead atoms. The summed E-state index contributed by atoms with van der Waals surface area (Å²) in [6.07, 6.45) is 2.81. The highest BCUT2D eigenvalue weighted by molar-refractivity contribution is 6.33. The van der Waals surface area contributed by atoms with Crippen molar-refractivity contribution in [2.24, 2.45) is 0 Å². The molecule has 0 unspecified atom stereocenters. The van der Waals surface area contributed by atoms with E-state index in [1.54, 1.807) is 6.92 Å². The number of nitriles is 1. The van der Waals surface area contributed by atoms with Crippen LogP contribution in [0.4, 0.5) is 5.69 Å². The summed E-state index contributed by atoms with van der Waals surface area (Å²) in [5.74, 6) is -0.413. The fourth-order valence-corrected chi connectivity index (χ4v) is 1.77. The Morgan fingerprint density at radius 1 is 1.65 bits per heavy atom. The number of carbonyl (C=O) groups is 1. The maximum absolute atomic E-state index is 11.6. The number of nitrogen functional groups attached to an aromatic ring is 1. The largest absolute Gasteiger partial charge is 0.461 e. The molecule has 2 aromatic heterocycles. The Morgan fingerprint density at radius 3 is 3.05 bits per heavy atom. The first-order valence-electron chi connectivity index (χ1n) is 5.65. The minimum atomic E-state index is -0.628. The predicted molar refractivity (Wildman–Crippen MR) is 71.5 cm³/mol. The third-order valence-corrected chi connectivity index (χ3v) is 2.79. The van der Waals surface area contributed by atoms with Crippen LogP contribution in [0.15, 0.2) is 18.5 Å². The zero-order valence-electron chi connectivity index (χ0n) is 10.5. The minimum Gasteiger partial charge on any atom is -0.461 e. The number of anilines is 1. The van der Waals surface area contributed by atoms with E-state index >= 15 is 0 Å². The Kier molecular flexibility index (Phi) is 3.86. The average Bonchev–Trinajstić information content (AvgIpc) is 2.81. The van der Waals surface area contributed by atoms with E-state index in [9.17, 15) is 4.79 Å². The van der Waals surface area contributed by atoms with Crippen LogP contribution in [-0.4, -0.2) is 27.3 Å². The Balaban J connectivity index is 2.48. The third kappa shape index (κ3) is 2.41. The number of halogens is 1. The maximum atomic E-state index is 11.6. The van der Waals surface area contributed by atoms with Crippen LogP contribution in [0.2, 0.25) is 5.02 Å². The van der Waals surface area contributed by atoms with Crippen molar-refractivity contribution in [1.82, 2.24) is 14.8 Å². The van der Waals surface area contributed by atoms with Crippen LogP contribution < -0.4 is 5.73 Å². The lowest BCUT2D eigenvalue weighted by molar-refractivity contribution is 0.0520. The van der Waals surface area contributed by atoms with Gasteiger partial charge in [-0.15, -0.1) is 0 Å². The van der Waals surface area contributed by atoms with Gasteiger partial charge < -0.3 is 10.5 Å². The van der Waals surface area contributed by atoms with Gasteiger partial charge in [0.2, 0.25) is 0 Å². The SMILES string of the molecule is CCOC(=O)c1nn(-c2nccc(C#N)c2Cl)cc1N. The third-order valence-electron chi connectivity index (χ3n) is 2.42. The molecule has 0 radical (unpaired) electrons. The first-order chi connectivity index (χ1) is 9.58. The number of hydrogen-bond donors (Lipinski definition) is 1. The molecule has 20 heavy (non-hydrogen) atoms. The fraction of sp³-hybridized carbons (Fsp3) is 0.167. The molecule has 0 amide bonds. The second-order valence-electron chi connectivity index (χ2n) is 3.71. The number of hydrogen-bond acceptors (Lipinski definition) is 6. The zero-order chi connectivity index (χ0) is 14.7. The summed E-state index contributed by atoms with van der Waals surface area (Å²) in [7, 11) is 0. The summed E-state index contributed by atoms with van der Waals surface area (Å²) >= 11 is 6.04. The molecule has 0 fully saturated rings. The number of esters is 1. The molecule has 0 saturated heterocycles. The summed E-state index contributed by atoms with van der Waals surface area (Å²) in [6, 6.07) is 3.41. The van der Waals surface area contributed by atoms with Gasteiger partial charge in [-0.2, -0.15) is 10.4 Å². The van der Waals surface area contributed by atoms with E-state index in [0.29, 0.717) is 0 Å². The molecule has 0 spiro atoms. The molecule has 2 N–H and O–H groups in total. The van der Waals surface area contributed by atoms with E-state index in [1.165, 1.54) is 23.1 Å². The van der Waals surface area contributed by atoms with E-state index in [4.69, 9.17) is 27.3 Å². The van der Waals surface area contributed by atoms with Crippen molar-refractivity contribution in [3.63, 3.8) is 0 Å². The van der Waals surface area contributed by atoms with Crippen molar-refractivity contribution < 1.29 is 9.53 Å². The van der Waals surface area contributed by atoms with Crippen LogP contribution in [-0.2, 0) is 4.74 Å². The van der Waals surface area contributed by atoms with E-state index < -0.39 is 5.97 Å². The maximum Gasteiger partial charge on any atom is 0.361 e. The number of pyridine rings is 1. The first kappa shape index (κ1) is 13.8. The molecule has 8 heteroatoms. The predicted octanol–water partition coefficient (Wildman–Crippen LogP) is 1.55. The quantitative estimate of drug-likeness (QED) is 0.860. The Morgan fingerprint density at radius 2 is 2.40 bits per heavy atom. The molecule has 0 atom stereocenters. The molecule has 0 aliphatic rings. The second kappa shape index (κ2) is 5.59. The molecule has 2 rings (SSSR count). The van der Waals surface area contributed by atoms with Gasteiger partial charge in [-0.3, -0.25) is 0 Å². The summed E-state index contributed by atoms with van der Waals surface area (Å²) in [5.41, 5.74) is 6.08. The Labute approximate surface area is 119 Å². The standard InChI is InChI=1S/C12H10ClN5O2/c1-2-20-12(19)10-8(15)6-18(17-10)11-9(13)7(5-14)3-4-16-11/h3-4,6H,2,15H2,1H3. The highest BCUT2D eigenvalue weighted by atomic mass is 35.5. The summed E-state index contributed by atoms with van der Waals surface area (Å²) in [4.78, 5) is 15.7. The molecular formula is C12H10ClN5O2. The van der Waals surface area contributed by atoms with E-state index in [1.807, 2.05) is 6.07 Å². The minimum absolute atomic E-state index is 0.0212. The number of nitrogens with two attached hydrogens (primary N) is 1. The van der Waals surface area contributed by atoms with Gasteiger partial charge in [-0.1, -0.05) is 11.6 Å². The van der Waals surface area contributed by atoms with Crippen LogP contribution in [0.3, 0.4) is 0 Å². The number of aromatic nitrogens is 3. The number of nitrogens with zero attached hydrogens (tertiary/aromatic N) is 4. The van der Waals surface area contributed by atoms with Gasteiger partial charge in [0.25, 0.3) is 0 Å². The molecule has 0 saturated carbocycles. The lowest BCUT2D eigenvalue weighted by Gasteiger charge is -2.03. The van der Waals surface area contributed by atoms with Crippen LogP contribution in [0, 0.1) is 11.3 Å². The van der Waals surface area contributed by atoms with E-state index in [-0.39, 0.29) is 34.4 Å². The van der Waals surface area contributed by atoms with E-state index in [2.05, 4.69) is 10.1 Å².